The Morgan fingerprint density at radius 1 is 1.04 bits per heavy atom. The molecule has 2 amide bonds. The van der Waals surface area contributed by atoms with Gasteiger partial charge in [0.05, 0.1) is 11.3 Å². The molecule has 0 radical (unpaired) electrons. The molecule has 0 fully saturated rings. The van der Waals surface area contributed by atoms with Crippen LogP contribution in [0.25, 0.3) is 0 Å². The van der Waals surface area contributed by atoms with Crippen LogP contribution < -0.4 is 5.32 Å². The van der Waals surface area contributed by atoms with Crippen LogP contribution in [0.1, 0.15) is 18.1 Å². The Balaban J connectivity index is 2.09. The summed E-state index contributed by atoms with van der Waals surface area (Å²) >= 11 is 0. The van der Waals surface area contributed by atoms with Gasteiger partial charge in [-0.3, -0.25) is 9.59 Å². The molecule has 0 bridgehead atoms. The maximum atomic E-state index is 13.0. The van der Waals surface area contributed by atoms with Crippen molar-refractivity contribution in [2.45, 2.75) is 19.6 Å². The Labute approximate surface area is 147 Å². The van der Waals surface area contributed by atoms with E-state index in [1.807, 2.05) is 0 Å². The van der Waals surface area contributed by atoms with Crippen molar-refractivity contribution in [1.82, 2.24) is 4.90 Å². The molecule has 1 N–H and O–H groups in total. The van der Waals surface area contributed by atoms with Crippen LogP contribution in [-0.2, 0) is 22.3 Å². The zero-order chi connectivity index (χ0) is 19.3. The quantitative estimate of drug-likeness (QED) is 0.816. The number of carbonyl (C=O) groups is 2. The summed E-state index contributed by atoms with van der Waals surface area (Å²) < 4.78 is 51.8. The molecular formula is C18H16F4N2O2. The van der Waals surface area contributed by atoms with Gasteiger partial charge in [0.2, 0.25) is 11.8 Å². The second-order valence-corrected chi connectivity index (χ2v) is 5.59. The summed E-state index contributed by atoms with van der Waals surface area (Å²) in [6, 6.07) is 9.93. The molecule has 0 aromatic heterocycles. The highest BCUT2D eigenvalue weighted by atomic mass is 19.4. The fourth-order valence-corrected chi connectivity index (χ4v) is 2.29. The summed E-state index contributed by atoms with van der Waals surface area (Å²) in [6.07, 6.45) is -4.61. The molecule has 2 rings (SSSR count). The number of para-hydroxylation sites is 1. The van der Waals surface area contributed by atoms with E-state index in [1.165, 1.54) is 43.3 Å². The van der Waals surface area contributed by atoms with E-state index < -0.39 is 35.9 Å². The van der Waals surface area contributed by atoms with E-state index in [1.54, 1.807) is 0 Å². The third-order valence-electron chi connectivity index (χ3n) is 3.57. The van der Waals surface area contributed by atoms with Gasteiger partial charge in [-0.15, -0.1) is 0 Å². The first-order chi connectivity index (χ1) is 12.2. The van der Waals surface area contributed by atoms with E-state index in [-0.39, 0.29) is 12.2 Å². The molecule has 0 atom stereocenters. The topological polar surface area (TPSA) is 49.4 Å². The predicted octanol–water partition coefficient (Wildman–Crippen LogP) is 3.83. The van der Waals surface area contributed by atoms with Crippen molar-refractivity contribution >= 4 is 17.5 Å². The number of halogens is 4. The van der Waals surface area contributed by atoms with Gasteiger partial charge in [-0.05, 0) is 29.8 Å². The number of amides is 2. The van der Waals surface area contributed by atoms with Gasteiger partial charge in [0.25, 0.3) is 0 Å². The van der Waals surface area contributed by atoms with Crippen LogP contribution in [0.3, 0.4) is 0 Å². The predicted molar refractivity (Wildman–Crippen MR) is 87.6 cm³/mol. The van der Waals surface area contributed by atoms with Crippen LogP contribution in [0.5, 0.6) is 0 Å². The van der Waals surface area contributed by atoms with Crippen molar-refractivity contribution in [1.29, 1.82) is 0 Å². The molecule has 0 aliphatic heterocycles. The van der Waals surface area contributed by atoms with E-state index in [4.69, 9.17) is 0 Å². The van der Waals surface area contributed by atoms with Gasteiger partial charge in [-0.25, -0.2) is 4.39 Å². The number of anilines is 1. The standard InChI is InChI=1S/C18H16F4N2O2/c1-12(25)24(10-13-6-8-14(19)9-7-13)11-17(26)23-16-5-3-2-4-15(16)18(20,21)22/h2-9H,10-11H2,1H3,(H,23,26). The second-order valence-electron chi connectivity index (χ2n) is 5.59. The van der Waals surface area contributed by atoms with Crippen LogP contribution >= 0.6 is 0 Å². The van der Waals surface area contributed by atoms with E-state index >= 15 is 0 Å². The molecule has 0 aliphatic rings. The van der Waals surface area contributed by atoms with Crippen molar-refractivity contribution in [3.63, 3.8) is 0 Å². The highest BCUT2D eigenvalue weighted by Gasteiger charge is 2.33. The molecule has 2 aromatic carbocycles. The second kappa shape index (κ2) is 7.99. The Hall–Kier alpha value is -2.90. The van der Waals surface area contributed by atoms with E-state index in [0.717, 1.165) is 17.0 Å². The average Bonchev–Trinajstić information content (AvgIpc) is 2.55. The minimum absolute atomic E-state index is 0.0317. The van der Waals surface area contributed by atoms with Crippen molar-refractivity contribution < 1.29 is 27.2 Å². The smallest absolute Gasteiger partial charge is 0.329 e. The number of carbonyl (C=O) groups excluding carboxylic acids is 2. The number of hydrogen-bond donors (Lipinski definition) is 1. The summed E-state index contributed by atoms with van der Waals surface area (Å²) in [5.41, 5.74) is -0.762. The monoisotopic (exact) mass is 368 g/mol. The fraction of sp³-hybridized carbons (Fsp3) is 0.222. The molecule has 26 heavy (non-hydrogen) atoms. The minimum atomic E-state index is -4.61. The fourth-order valence-electron chi connectivity index (χ4n) is 2.29. The van der Waals surface area contributed by atoms with Gasteiger partial charge in [-0.2, -0.15) is 13.2 Å². The van der Waals surface area contributed by atoms with E-state index in [9.17, 15) is 27.2 Å². The van der Waals surface area contributed by atoms with Crippen molar-refractivity contribution in [2.24, 2.45) is 0 Å². The Bertz CT molecular complexity index is 789. The first-order valence-electron chi connectivity index (χ1n) is 7.63. The minimum Gasteiger partial charge on any atom is -0.329 e. The van der Waals surface area contributed by atoms with Crippen LogP contribution in [0.2, 0.25) is 0 Å². The van der Waals surface area contributed by atoms with Crippen LogP contribution in [0.15, 0.2) is 48.5 Å². The molecule has 0 unspecified atom stereocenters. The molecule has 8 heteroatoms. The van der Waals surface area contributed by atoms with Crippen molar-refractivity contribution in [3.8, 4) is 0 Å². The zero-order valence-corrected chi connectivity index (χ0v) is 13.8. The van der Waals surface area contributed by atoms with E-state index in [2.05, 4.69) is 5.32 Å². The lowest BCUT2D eigenvalue weighted by molar-refractivity contribution is -0.137. The summed E-state index contributed by atoms with van der Waals surface area (Å²) in [4.78, 5) is 25.0. The molecule has 0 heterocycles. The third-order valence-corrected chi connectivity index (χ3v) is 3.57. The lowest BCUT2D eigenvalue weighted by Crippen LogP contribution is -2.36. The summed E-state index contributed by atoms with van der Waals surface area (Å²) in [6.45, 7) is 0.837. The Kier molecular flexibility index (Phi) is 5.97. The van der Waals surface area contributed by atoms with Crippen LogP contribution in [-0.4, -0.2) is 23.3 Å². The van der Waals surface area contributed by atoms with Gasteiger partial charge in [0.1, 0.15) is 12.4 Å². The highest BCUT2D eigenvalue weighted by Crippen LogP contribution is 2.34. The maximum absolute atomic E-state index is 13.0. The first kappa shape index (κ1) is 19.4. The largest absolute Gasteiger partial charge is 0.418 e. The third kappa shape index (κ3) is 5.30. The lowest BCUT2D eigenvalue weighted by atomic mass is 10.1. The van der Waals surface area contributed by atoms with Gasteiger partial charge in [0, 0.05) is 13.5 Å². The van der Waals surface area contributed by atoms with Gasteiger partial charge in [-0.1, -0.05) is 24.3 Å². The molecule has 4 nitrogen and oxygen atoms in total. The number of nitrogens with zero attached hydrogens (tertiary/aromatic N) is 1. The first-order valence-corrected chi connectivity index (χ1v) is 7.63. The normalized spacial score (nSPS) is 11.1. The summed E-state index contributed by atoms with van der Waals surface area (Å²) in [5, 5.41) is 2.18. The zero-order valence-electron chi connectivity index (χ0n) is 13.8. The maximum Gasteiger partial charge on any atom is 0.418 e. The molecule has 0 saturated carbocycles. The van der Waals surface area contributed by atoms with Gasteiger partial charge >= 0.3 is 6.18 Å². The van der Waals surface area contributed by atoms with Crippen LogP contribution in [0.4, 0.5) is 23.2 Å². The molecule has 0 aliphatic carbocycles. The molecule has 2 aromatic rings. The average molecular weight is 368 g/mol. The van der Waals surface area contributed by atoms with E-state index in [0.29, 0.717) is 5.56 Å². The lowest BCUT2D eigenvalue weighted by Gasteiger charge is -2.21. The summed E-state index contributed by atoms with van der Waals surface area (Å²) in [5.74, 6) is -1.64. The summed E-state index contributed by atoms with van der Waals surface area (Å²) in [7, 11) is 0. The van der Waals surface area contributed by atoms with Crippen molar-refractivity contribution in [2.75, 3.05) is 11.9 Å². The SMILES string of the molecule is CC(=O)N(CC(=O)Nc1ccccc1C(F)(F)F)Cc1ccc(F)cc1. The Morgan fingerprint density at radius 3 is 2.23 bits per heavy atom. The molecular weight excluding hydrogens is 352 g/mol. The van der Waals surface area contributed by atoms with Gasteiger partial charge < -0.3 is 10.2 Å². The Morgan fingerprint density at radius 2 is 1.65 bits per heavy atom. The van der Waals surface area contributed by atoms with Crippen LogP contribution in [0, 0.1) is 5.82 Å². The highest BCUT2D eigenvalue weighted by molar-refractivity contribution is 5.95. The molecule has 0 spiro atoms. The molecule has 0 saturated heterocycles. The number of hydrogen-bond acceptors (Lipinski definition) is 2. The number of alkyl halides is 3. The number of rotatable bonds is 5. The number of nitrogens with one attached hydrogen (secondary N) is 1. The molecule has 138 valence electrons. The number of benzene rings is 2. The van der Waals surface area contributed by atoms with Gasteiger partial charge in [0.15, 0.2) is 0 Å². The van der Waals surface area contributed by atoms with Crippen molar-refractivity contribution in [3.05, 3.63) is 65.5 Å².